The van der Waals surface area contributed by atoms with Crippen molar-refractivity contribution in [3.8, 4) is 0 Å². The van der Waals surface area contributed by atoms with Crippen LogP contribution in [0.3, 0.4) is 0 Å². The number of nitrogens with one attached hydrogen (secondary N) is 2. The maximum Gasteiger partial charge on any atom is 0.258 e. The summed E-state index contributed by atoms with van der Waals surface area (Å²) in [5.74, 6) is -0.311. The second-order valence-electron chi connectivity index (χ2n) is 8.44. The van der Waals surface area contributed by atoms with Gasteiger partial charge in [-0.3, -0.25) is 14.4 Å². The Morgan fingerprint density at radius 3 is 2.23 bits per heavy atom. The van der Waals surface area contributed by atoms with Crippen LogP contribution < -0.4 is 15.5 Å². The summed E-state index contributed by atoms with van der Waals surface area (Å²) < 4.78 is 0. The van der Waals surface area contributed by atoms with Crippen molar-refractivity contribution in [2.75, 3.05) is 41.7 Å². The van der Waals surface area contributed by atoms with Gasteiger partial charge in [-0.1, -0.05) is 24.3 Å². The van der Waals surface area contributed by atoms with Crippen molar-refractivity contribution in [3.63, 3.8) is 0 Å². The molecule has 0 aliphatic carbocycles. The fraction of sp³-hybridized carbons (Fsp3) is 0.250. The lowest BCUT2D eigenvalue weighted by Gasteiger charge is -2.21. The standard InChI is InChI=1S/C28H30N4O3/c1-2-32(25-11-4-3-5-12-25)28(35)22-9-8-10-24(19-22)30-26(33)20-29-23-15-13-21(14-16-23)27(34)31-17-6-7-18-31/h3-5,8-16,19,29H,2,6-7,17-18,20H2,1H3,(H,30,33). The molecule has 180 valence electrons. The van der Waals surface area contributed by atoms with E-state index in [0.29, 0.717) is 23.4 Å². The second-order valence-corrected chi connectivity index (χ2v) is 8.44. The SMILES string of the molecule is CCN(C(=O)c1cccc(NC(=O)CNc2ccc(C(=O)N3CCCC3)cc2)c1)c1ccccc1. The number of hydrogen-bond donors (Lipinski definition) is 2. The van der Waals surface area contributed by atoms with Gasteiger partial charge in [-0.25, -0.2) is 0 Å². The first-order chi connectivity index (χ1) is 17.0. The van der Waals surface area contributed by atoms with Gasteiger partial charge in [0.15, 0.2) is 0 Å². The molecular weight excluding hydrogens is 440 g/mol. The molecule has 2 N–H and O–H groups in total. The summed E-state index contributed by atoms with van der Waals surface area (Å²) in [5.41, 5.74) is 3.29. The predicted octanol–water partition coefficient (Wildman–Crippen LogP) is 4.64. The number of hydrogen-bond acceptors (Lipinski definition) is 4. The summed E-state index contributed by atoms with van der Waals surface area (Å²) in [6.45, 7) is 4.15. The second kappa shape index (κ2) is 11.3. The van der Waals surface area contributed by atoms with Crippen LogP contribution in [0.5, 0.6) is 0 Å². The lowest BCUT2D eigenvalue weighted by Crippen LogP contribution is -2.30. The largest absolute Gasteiger partial charge is 0.376 e. The molecule has 0 saturated carbocycles. The van der Waals surface area contributed by atoms with E-state index in [-0.39, 0.29) is 24.3 Å². The van der Waals surface area contributed by atoms with Crippen molar-refractivity contribution in [1.29, 1.82) is 0 Å². The minimum atomic E-state index is -0.234. The minimum Gasteiger partial charge on any atom is -0.376 e. The topological polar surface area (TPSA) is 81.8 Å². The summed E-state index contributed by atoms with van der Waals surface area (Å²) in [6.07, 6.45) is 2.11. The highest BCUT2D eigenvalue weighted by molar-refractivity contribution is 6.07. The molecule has 0 bridgehead atoms. The summed E-state index contributed by atoms with van der Waals surface area (Å²) in [7, 11) is 0. The Balaban J connectivity index is 1.32. The summed E-state index contributed by atoms with van der Waals surface area (Å²) >= 11 is 0. The van der Waals surface area contributed by atoms with Gasteiger partial charge in [-0.05, 0) is 74.4 Å². The molecule has 1 fully saturated rings. The molecule has 1 aliphatic rings. The van der Waals surface area contributed by atoms with Crippen molar-refractivity contribution in [3.05, 3.63) is 90.0 Å². The third-order valence-corrected chi connectivity index (χ3v) is 6.00. The first-order valence-corrected chi connectivity index (χ1v) is 11.9. The van der Waals surface area contributed by atoms with E-state index in [0.717, 1.165) is 37.3 Å². The monoisotopic (exact) mass is 470 g/mol. The molecule has 3 amide bonds. The fourth-order valence-electron chi connectivity index (χ4n) is 4.16. The number of nitrogens with zero attached hydrogens (tertiary/aromatic N) is 2. The Hall–Kier alpha value is -4.13. The molecule has 3 aromatic carbocycles. The Morgan fingerprint density at radius 2 is 1.54 bits per heavy atom. The highest BCUT2D eigenvalue weighted by Gasteiger charge is 2.19. The number of benzene rings is 3. The third kappa shape index (κ3) is 6.06. The molecule has 0 spiro atoms. The van der Waals surface area contributed by atoms with Crippen LogP contribution in [0.15, 0.2) is 78.9 Å². The Bertz CT molecular complexity index is 1170. The van der Waals surface area contributed by atoms with Crippen molar-refractivity contribution < 1.29 is 14.4 Å². The summed E-state index contributed by atoms with van der Waals surface area (Å²) in [5, 5.41) is 5.91. The quantitative estimate of drug-likeness (QED) is 0.503. The molecule has 7 heteroatoms. The Labute approximate surface area is 205 Å². The normalized spacial score (nSPS) is 12.8. The number of amides is 3. The van der Waals surface area contributed by atoms with Crippen LogP contribution in [0.2, 0.25) is 0 Å². The molecule has 35 heavy (non-hydrogen) atoms. The summed E-state index contributed by atoms with van der Waals surface area (Å²) in [4.78, 5) is 41.6. The van der Waals surface area contributed by atoms with Gasteiger partial charge in [0.05, 0.1) is 6.54 Å². The number of likely N-dealkylation sites (tertiary alicyclic amines) is 1. The number of carbonyl (C=O) groups excluding carboxylic acids is 3. The van der Waals surface area contributed by atoms with Crippen LogP contribution in [-0.4, -0.2) is 48.8 Å². The van der Waals surface area contributed by atoms with Gasteiger partial charge in [-0.2, -0.15) is 0 Å². The maximum absolute atomic E-state index is 13.1. The van der Waals surface area contributed by atoms with Crippen LogP contribution in [0.25, 0.3) is 0 Å². The third-order valence-electron chi connectivity index (χ3n) is 6.00. The molecule has 7 nitrogen and oxygen atoms in total. The minimum absolute atomic E-state index is 0.0510. The first kappa shape index (κ1) is 24.0. The number of anilines is 3. The molecule has 1 saturated heterocycles. The lowest BCUT2D eigenvalue weighted by molar-refractivity contribution is -0.114. The van der Waals surface area contributed by atoms with Crippen LogP contribution in [0, 0.1) is 0 Å². The summed E-state index contributed by atoms with van der Waals surface area (Å²) in [6, 6.07) is 23.6. The smallest absolute Gasteiger partial charge is 0.258 e. The maximum atomic E-state index is 13.1. The zero-order chi connectivity index (χ0) is 24.6. The van der Waals surface area contributed by atoms with E-state index in [4.69, 9.17) is 0 Å². The molecule has 4 rings (SSSR count). The molecular formula is C28H30N4O3. The van der Waals surface area contributed by atoms with E-state index in [2.05, 4.69) is 10.6 Å². The van der Waals surface area contributed by atoms with Crippen LogP contribution >= 0.6 is 0 Å². The van der Waals surface area contributed by atoms with Crippen molar-refractivity contribution in [2.24, 2.45) is 0 Å². The number of carbonyl (C=O) groups is 3. The van der Waals surface area contributed by atoms with Gasteiger partial charge in [-0.15, -0.1) is 0 Å². The fourth-order valence-corrected chi connectivity index (χ4v) is 4.16. The molecule has 0 radical (unpaired) electrons. The number of rotatable bonds is 8. The van der Waals surface area contributed by atoms with Crippen molar-refractivity contribution >= 4 is 34.8 Å². The first-order valence-electron chi connectivity index (χ1n) is 11.9. The highest BCUT2D eigenvalue weighted by atomic mass is 16.2. The van der Waals surface area contributed by atoms with Gasteiger partial charge in [0.1, 0.15) is 0 Å². The van der Waals surface area contributed by atoms with E-state index in [1.165, 1.54) is 0 Å². The van der Waals surface area contributed by atoms with Crippen molar-refractivity contribution in [1.82, 2.24) is 4.90 Å². The average Bonchev–Trinajstić information content (AvgIpc) is 3.44. The van der Waals surface area contributed by atoms with Gasteiger partial charge in [0.2, 0.25) is 5.91 Å². The average molecular weight is 471 g/mol. The van der Waals surface area contributed by atoms with Gasteiger partial charge < -0.3 is 20.4 Å². The van der Waals surface area contributed by atoms with E-state index < -0.39 is 0 Å². The van der Waals surface area contributed by atoms with Crippen molar-refractivity contribution in [2.45, 2.75) is 19.8 Å². The van der Waals surface area contributed by atoms with E-state index >= 15 is 0 Å². The molecule has 0 aromatic heterocycles. The van der Waals surface area contributed by atoms with E-state index in [9.17, 15) is 14.4 Å². The van der Waals surface area contributed by atoms with Gasteiger partial charge >= 0.3 is 0 Å². The molecule has 0 atom stereocenters. The van der Waals surface area contributed by atoms with Gasteiger partial charge in [0, 0.05) is 47.8 Å². The van der Waals surface area contributed by atoms with Crippen LogP contribution in [0.1, 0.15) is 40.5 Å². The zero-order valence-electron chi connectivity index (χ0n) is 19.9. The van der Waals surface area contributed by atoms with Crippen LogP contribution in [0.4, 0.5) is 17.1 Å². The molecule has 0 unspecified atom stereocenters. The molecule has 1 aliphatic heterocycles. The number of para-hydroxylation sites is 1. The van der Waals surface area contributed by atoms with E-state index in [1.54, 1.807) is 53.4 Å². The molecule has 3 aromatic rings. The predicted molar refractivity (Wildman–Crippen MR) is 139 cm³/mol. The zero-order valence-corrected chi connectivity index (χ0v) is 19.9. The highest BCUT2D eigenvalue weighted by Crippen LogP contribution is 2.19. The molecule has 1 heterocycles. The van der Waals surface area contributed by atoms with E-state index in [1.807, 2.05) is 42.2 Å². The lowest BCUT2D eigenvalue weighted by atomic mass is 10.1. The Morgan fingerprint density at radius 1 is 0.829 bits per heavy atom. The van der Waals surface area contributed by atoms with Crippen LogP contribution in [-0.2, 0) is 4.79 Å². The van der Waals surface area contributed by atoms with Gasteiger partial charge in [0.25, 0.3) is 11.8 Å². The Kier molecular flexibility index (Phi) is 7.77.